The average Bonchev–Trinajstić information content (AvgIpc) is 3.02. The van der Waals surface area contributed by atoms with E-state index >= 15 is 0 Å². The van der Waals surface area contributed by atoms with E-state index in [1.807, 2.05) is 18.2 Å². The molecular weight excluding hydrogens is 286 g/mol. The van der Waals surface area contributed by atoms with E-state index in [-0.39, 0.29) is 6.04 Å². The van der Waals surface area contributed by atoms with Crippen LogP contribution < -0.4 is 15.2 Å². The molecule has 1 aliphatic rings. The number of fused-ring (bicyclic) bond motifs is 1. The number of hydrogen-bond acceptors (Lipinski definition) is 3. The van der Waals surface area contributed by atoms with Crippen molar-refractivity contribution < 1.29 is 9.47 Å². The Morgan fingerprint density at radius 2 is 1.91 bits per heavy atom. The maximum absolute atomic E-state index is 6.24. The average molecular weight is 311 g/mol. The summed E-state index contributed by atoms with van der Waals surface area (Å²) in [6.45, 7) is 5.61. The van der Waals surface area contributed by atoms with Crippen molar-refractivity contribution in [2.24, 2.45) is 11.7 Å². The zero-order valence-electron chi connectivity index (χ0n) is 13.9. The molecule has 0 aromatic heterocycles. The Bertz CT molecular complexity index is 652. The van der Waals surface area contributed by atoms with Crippen LogP contribution in [0.15, 0.2) is 42.5 Å². The van der Waals surface area contributed by atoms with E-state index in [9.17, 15) is 0 Å². The minimum absolute atomic E-state index is 0.164. The third-order valence-electron chi connectivity index (χ3n) is 4.37. The Hall–Kier alpha value is -2.00. The van der Waals surface area contributed by atoms with Gasteiger partial charge in [-0.1, -0.05) is 50.2 Å². The summed E-state index contributed by atoms with van der Waals surface area (Å²) in [5, 5.41) is 0. The van der Waals surface area contributed by atoms with Crippen LogP contribution in [0.5, 0.6) is 11.5 Å². The molecule has 2 aromatic carbocycles. The van der Waals surface area contributed by atoms with E-state index in [0.717, 1.165) is 36.5 Å². The van der Waals surface area contributed by atoms with Gasteiger partial charge in [0.2, 0.25) is 0 Å². The van der Waals surface area contributed by atoms with Gasteiger partial charge in [0.1, 0.15) is 6.61 Å². The largest absolute Gasteiger partial charge is 0.489 e. The number of ether oxygens (including phenoxy) is 2. The summed E-state index contributed by atoms with van der Waals surface area (Å²) >= 11 is 0. The Labute approximate surface area is 138 Å². The maximum atomic E-state index is 6.24. The van der Waals surface area contributed by atoms with Crippen LogP contribution in [-0.4, -0.2) is 12.6 Å². The summed E-state index contributed by atoms with van der Waals surface area (Å²) in [6, 6.07) is 14.7. The Balaban J connectivity index is 1.79. The lowest BCUT2D eigenvalue weighted by atomic mass is 9.95. The molecule has 0 unspecified atom stereocenters. The van der Waals surface area contributed by atoms with Crippen molar-refractivity contribution in [3.05, 3.63) is 59.2 Å². The van der Waals surface area contributed by atoms with Gasteiger partial charge >= 0.3 is 0 Å². The van der Waals surface area contributed by atoms with Gasteiger partial charge in [-0.25, -0.2) is 0 Å². The zero-order chi connectivity index (χ0) is 16.2. The fourth-order valence-corrected chi connectivity index (χ4v) is 2.80. The normalized spacial score (nSPS) is 14.4. The van der Waals surface area contributed by atoms with Gasteiger partial charge in [0.25, 0.3) is 0 Å². The van der Waals surface area contributed by atoms with E-state index in [2.05, 4.69) is 38.1 Å². The molecular formula is C20H25NO2. The standard InChI is InChI=1S/C20H25NO2/c1-14(2)18(21)11-16-10-17-8-9-22-20(17)19(12-16)23-13-15-6-4-3-5-7-15/h3-7,10,12,14,18H,8-9,11,13,21H2,1-2H3/t18-/m0/s1. The van der Waals surface area contributed by atoms with Crippen LogP contribution >= 0.6 is 0 Å². The lowest BCUT2D eigenvalue weighted by Crippen LogP contribution is -2.28. The predicted molar refractivity (Wildman–Crippen MR) is 92.9 cm³/mol. The second kappa shape index (κ2) is 7.05. The Morgan fingerprint density at radius 1 is 1.13 bits per heavy atom. The smallest absolute Gasteiger partial charge is 0.164 e. The third-order valence-corrected chi connectivity index (χ3v) is 4.37. The molecule has 1 aliphatic heterocycles. The van der Waals surface area contributed by atoms with Crippen LogP contribution in [-0.2, 0) is 19.4 Å². The second-order valence-corrected chi connectivity index (χ2v) is 6.57. The summed E-state index contributed by atoms with van der Waals surface area (Å²) < 4.78 is 11.8. The van der Waals surface area contributed by atoms with Crippen LogP contribution in [0.25, 0.3) is 0 Å². The van der Waals surface area contributed by atoms with Gasteiger partial charge in [0.05, 0.1) is 6.61 Å². The number of hydrogen-bond donors (Lipinski definition) is 1. The monoisotopic (exact) mass is 311 g/mol. The lowest BCUT2D eigenvalue weighted by molar-refractivity contribution is 0.277. The van der Waals surface area contributed by atoms with Gasteiger partial charge in [0.15, 0.2) is 11.5 Å². The molecule has 0 amide bonds. The molecule has 3 rings (SSSR count). The van der Waals surface area contributed by atoms with Crippen molar-refractivity contribution in [1.82, 2.24) is 0 Å². The van der Waals surface area contributed by atoms with Gasteiger partial charge in [0, 0.05) is 18.0 Å². The summed E-state index contributed by atoms with van der Waals surface area (Å²) in [5.74, 6) is 2.21. The summed E-state index contributed by atoms with van der Waals surface area (Å²) in [6.07, 6.45) is 1.81. The Morgan fingerprint density at radius 3 is 2.65 bits per heavy atom. The first-order valence-electron chi connectivity index (χ1n) is 8.34. The van der Waals surface area contributed by atoms with Gasteiger partial charge in [-0.15, -0.1) is 0 Å². The topological polar surface area (TPSA) is 44.5 Å². The van der Waals surface area contributed by atoms with E-state index in [0.29, 0.717) is 12.5 Å². The SMILES string of the molecule is CC(C)[C@@H](N)Cc1cc2c(c(OCc3ccccc3)c1)OCC2. The molecule has 2 N–H and O–H groups in total. The van der Waals surface area contributed by atoms with Crippen molar-refractivity contribution in [2.75, 3.05) is 6.61 Å². The molecule has 1 atom stereocenters. The van der Waals surface area contributed by atoms with E-state index in [1.165, 1.54) is 11.1 Å². The first-order chi connectivity index (χ1) is 11.1. The number of nitrogens with two attached hydrogens (primary N) is 1. The van der Waals surface area contributed by atoms with Crippen molar-refractivity contribution in [2.45, 2.75) is 39.3 Å². The molecule has 0 saturated heterocycles. The minimum Gasteiger partial charge on any atom is -0.489 e. The summed E-state index contributed by atoms with van der Waals surface area (Å²) in [4.78, 5) is 0. The summed E-state index contributed by atoms with van der Waals surface area (Å²) in [7, 11) is 0. The van der Waals surface area contributed by atoms with Crippen LogP contribution in [0.1, 0.15) is 30.5 Å². The zero-order valence-corrected chi connectivity index (χ0v) is 13.9. The third kappa shape index (κ3) is 3.85. The van der Waals surface area contributed by atoms with Crippen molar-refractivity contribution in [3.8, 4) is 11.5 Å². The van der Waals surface area contributed by atoms with Crippen molar-refractivity contribution >= 4 is 0 Å². The maximum Gasteiger partial charge on any atom is 0.164 e. The van der Waals surface area contributed by atoms with Crippen LogP contribution in [0, 0.1) is 5.92 Å². The molecule has 122 valence electrons. The van der Waals surface area contributed by atoms with Crippen LogP contribution in [0.2, 0.25) is 0 Å². The molecule has 0 aliphatic carbocycles. The number of benzene rings is 2. The molecule has 2 aromatic rings. The molecule has 23 heavy (non-hydrogen) atoms. The molecule has 0 spiro atoms. The van der Waals surface area contributed by atoms with E-state index in [4.69, 9.17) is 15.2 Å². The highest BCUT2D eigenvalue weighted by molar-refractivity contribution is 5.51. The van der Waals surface area contributed by atoms with Crippen LogP contribution in [0.4, 0.5) is 0 Å². The fourth-order valence-electron chi connectivity index (χ4n) is 2.80. The Kier molecular flexibility index (Phi) is 4.87. The quantitative estimate of drug-likeness (QED) is 0.884. The van der Waals surface area contributed by atoms with Gasteiger partial charge in [-0.05, 0) is 29.5 Å². The van der Waals surface area contributed by atoms with E-state index < -0.39 is 0 Å². The van der Waals surface area contributed by atoms with E-state index in [1.54, 1.807) is 0 Å². The molecule has 0 bridgehead atoms. The van der Waals surface area contributed by atoms with Crippen molar-refractivity contribution in [1.29, 1.82) is 0 Å². The molecule has 3 heteroatoms. The molecule has 0 fully saturated rings. The van der Waals surface area contributed by atoms with Gasteiger partial charge in [-0.2, -0.15) is 0 Å². The van der Waals surface area contributed by atoms with Crippen LogP contribution in [0.3, 0.4) is 0 Å². The highest BCUT2D eigenvalue weighted by Gasteiger charge is 2.20. The second-order valence-electron chi connectivity index (χ2n) is 6.57. The molecule has 3 nitrogen and oxygen atoms in total. The molecule has 1 heterocycles. The molecule has 0 saturated carbocycles. The first-order valence-corrected chi connectivity index (χ1v) is 8.34. The first kappa shape index (κ1) is 15.9. The fraction of sp³-hybridized carbons (Fsp3) is 0.400. The highest BCUT2D eigenvalue weighted by Crippen LogP contribution is 2.37. The number of rotatable bonds is 6. The lowest BCUT2D eigenvalue weighted by Gasteiger charge is -2.17. The van der Waals surface area contributed by atoms with Gasteiger partial charge in [-0.3, -0.25) is 0 Å². The van der Waals surface area contributed by atoms with Gasteiger partial charge < -0.3 is 15.2 Å². The minimum atomic E-state index is 0.164. The molecule has 0 radical (unpaired) electrons. The highest BCUT2D eigenvalue weighted by atomic mass is 16.5. The van der Waals surface area contributed by atoms with Crippen molar-refractivity contribution in [3.63, 3.8) is 0 Å². The summed E-state index contributed by atoms with van der Waals surface area (Å²) in [5.41, 5.74) is 9.87. The predicted octanol–water partition coefficient (Wildman–Crippen LogP) is 3.73.